The van der Waals surface area contributed by atoms with Gasteiger partial charge in [-0.1, -0.05) is 65.3 Å². The molecule has 0 unspecified atom stereocenters. The van der Waals surface area contributed by atoms with Gasteiger partial charge in [0.05, 0.1) is 26.9 Å². The average molecular weight is 757 g/mol. The van der Waals surface area contributed by atoms with Crippen LogP contribution in [0.5, 0.6) is 0 Å². The van der Waals surface area contributed by atoms with Crippen LogP contribution < -0.4 is 16.2 Å². The highest BCUT2D eigenvalue weighted by molar-refractivity contribution is 14.1. The molecule has 0 aliphatic carbocycles. The molecule has 0 saturated heterocycles. The summed E-state index contributed by atoms with van der Waals surface area (Å²) in [4.78, 5) is 26.5. The van der Waals surface area contributed by atoms with Crippen LogP contribution in [0, 0.1) is 14.9 Å². The number of rotatable bonds is 10. The number of amides is 2. The van der Waals surface area contributed by atoms with Crippen molar-refractivity contribution in [1.82, 2.24) is 10.9 Å². The summed E-state index contributed by atoms with van der Waals surface area (Å²) < 4.78 is 13.4. The summed E-state index contributed by atoms with van der Waals surface area (Å²) in [6.07, 6.45) is -0.553. The Bertz CT molecular complexity index is 1350. The highest BCUT2D eigenvalue weighted by Crippen LogP contribution is 2.39. The van der Waals surface area contributed by atoms with Gasteiger partial charge in [-0.05, 0) is 95.6 Å². The fourth-order valence-electron chi connectivity index (χ4n) is 3.52. The van der Waals surface area contributed by atoms with E-state index in [1.54, 1.807) is 24.3 Å². The quantitative estimate of drug-likeness (QED) is 0.129. The Morgan fingerprint density at radius 3 is 2.02 bits per heavy atom. The lowest BCUT2D eigenvalue weighted by Gasteiger charge is -2.40. The molecule has 0 bridgehead atoms. The number of hydrogen-bond donors (Lipinski definition) is 3. The zero-order chi connectivity index (χ0) is 33.0. The van der Waals surface area contributed by atoms with Crippen molar-refractivity contribution in [3.05, 3.63) is 61.7 Å². The smallest absolute Gasteiger partial charge is 0.269 e. The Kier molecular flexibility index (Phi) is 12.5. The number of halogens is 2. The third-order valence-corrected chi connectivity index (χ3v) is 19.4. The van der Waals surface area contributed by atoms with E-state index in [2.05, 4.69) is 90.0 Å². The first-order valence-corrected chi connectivity index (χ1v) is 21.5. The zero-order valence-corrected chi connectivity index (χ0v) is 32.1. The fourth-order valence-corrected chi connectivity index (χ4v) is 6.73. The third kappa shape index (κ3) is 9.76. The van der Waals surface area contributed by atoms with Gasteiger partial charge < -0.3 is 14.2 Å². The van der Waals surface area contributed by atoms with Crippen LogP contribution in [0.4, 0.5) is 5.69 Å². The van der Waals surface area contributed by atoms with Crippen molar-refractivity contribution < 1.29 is 18.4 Å². The van der Waals surface area contributed by atoms with Gasteiger partial charge in [0.2, 0.25) is 0 Å². The van der Waals surface area contributed by atoms with Crippen LogP contribution in [0.1, 0.15) is 70.0 Å². The summed E-state index contributed by atoms with van der Waals surface area (Å²) in [5, 5.41) is 12.9. The number of anilines is 1. The Labute approximate surface area is 278 Å². The second-order valence-electron chi connectivity index (χ2n) is 13.8. The SMILES string of the molecule is C[C@H](O[Si](C)(C)C(C)(C)C)[C@@H](Nc1ccc(C#N)c(Cl)c1I)C(=O)NNC(=O)c1ccc(CO[Si](C)(C)C(C)(C)C)cc1. The van der Waals surface area contributed by atoms with E-state index in [9.17, 15) is 14.9 Å². The number of hydrogen-bond acceptors (Lipinski definition) is 6. The molecule has 2 amide bonds. The molecule has 3 N–H and O–H groups in total. The minimum absolute atomic E-state index is 0.0788. The molecule has 0 heterocycles. The maximum Gasteiger partial charge on any atom is 0.269 e. The van der Waals surface area contributed by atoms with Crippen LogP contribution in [0.3, 0.4) is 0 Å². The van der Waals surface area contributed by atoms with Crippen LogP contribution in [0.15, 0.2) is 36.4 Å². The Balaban J connectivity index is 2.19. The Morgan fingerprint density at radius 1 is 0.953 bits per heavy atom. The molecule has 0 aliphatic heterocycles. The van der Waals surface area contributed by atoms with E-state index in [-0.39, 0.29) is 10.1 Å². The van der Waals surface area contributed by atoms with Crippen LogP contribution in [-0.2, 0) is 20.3 Å². The summed E-state index contributed by atoms with van der Waals surface area (Å²) >= 11 is 8.44. The number of benzene rings is 2. The summed E-state index contributed by atoms with van der Waals surface area (Å²) in [6, 6.07) is 11.7. The number of nitrogens with one attached hydrogen (secondary N) is 3. The molecule has 0 spiro atoms. The number of nitriles is 1. The summed E-state index contributed by atoms with van der Waals surface area (Å²) in [7, 11) is -4.15. The fraction of sp³-hybridized carbons (Fsp3) is 0.516. The van der Waals surface area contributed by atoms with E-state index >= 15 is 0 Å². The minimum Gasteiger partial charge on any atom is -0.413 e. The largest absolute Gasteiger partial charge is 0.413 e. The molecule has 2 rings (SSSR count). The first-order chi connectivity index (χ1) is 19.6. The number of carbonyl (C=O) groups excluding carboxylic acids is 2. The van der Waals surface area contributed by atoms with E-state index < -0.39 is 40.6 Å². The van der Waals surface area contributed by atoms with E-state index in [1.165, 1.54) is 0 Å². The van der Waals surface area contributed by atoms with Gasteiger partial charge >= 0.3 is 0 Å². The second kappa shape index (κ2) is 14.4. The van der Waals surface area contributed by atoms with Crippen LogP contribution in [0.2, 0.25) is 41.3 Å². The van der Waals surface area contributed by atoms with Crippen molar-refractivity contribution in [2.24, 2.45) is 0 Å². The molecule has 2 aromatic rings. The Hall–Kier alpha value is -1.96. The van der Waals surface area contributed by atoms with Gasteiger partial charge in [0.25, 0.3) is 11.8 Å². The van der Waals surface area contributed by atoms with Gasteiger partial charge in [-0.15, -0.1) is 0 Å². The number of nitrogens with zero attached hydrogens (tertiary/aromatic N) is 1. The molecule has 0 aliphatic rings. The van der Waals surface area contributed by atoms with Crippen molar-refractivity contribution in [3.8, 4) is 6.07 Å². The number of hydrazine groups is 1. The summed E-state index contributed by atoms with van der Waals surface area (Å²) in [5.41, 5.74) is 7.40. The molecule has 8 nitrogen and oxygen atoms in total. The van der Waals surface area contributed by atoms with E-state index in [1.807, 2.05) is 41.6 Å². The predicted molar refractivity (Wildman–Crippen MR) is 188 cm³/mol. The first-order valence-electron chi connectivity index (χ1n) is 14.3. The molecule has 2 atom stereocenters. The monoisotopic (exact) mass is 756 g/mol. The van der Waals surface area contributed by atoms with Crippen molar-refractivity contribution in [3.63, 3.8) is 0 Å². The molecule has 12 heteroatoms. The van der Waals surface area contributed by atoms with E-state index in [0.717, 1.165) is 5.56 Å². The van der Waals surface area contributed by atoms with Gasteiger partial charge in [0.15, 0.2) is 16.6 Å². The molecule has 236 valence electrons. The first kappa shape index (κ1) is 37.2. The molecule has 43 heavy (non-hydrogen) atoms. The minimum atomic E-state index is -2.25. The lowest BCUT2D eigenvalue weighted by molar-refractivity contribution is -0.124. The lowest BCUT2D eigenvalue weighted by Crippen LogP contribution is -2.55. The van der Waals surface area contributed by atoms with Gasteiger partial charge in [-0.3, -0.25) is 20.4 Å². The molecule has 0 aromatic heterocycles. The van der Waals surface area contributed by atoms with Crippen LogP contribution in [0.25, 0.3) is 0 Å². The van der Waals surface area contributed by atoms with Gasteiger partial charge in [-0.2, -0.15) is 5.26 Å². The van der Waals surface area contributed by atoms with Gasteiger partial charge in [0, 0.05) is 11.3 Å². The van der Waals surface area contributed by atoms with Crippen molar-refractivity contribution >= 4 is 68.3 Å². The van der Waals surface area contributed by atoms with Crippen LogP contribution >= 0.6 is 34.2 Å². The van der Waals surface area contributed by atoms with Gasteiger partial charge in [-0.25, -0.2) is 0 Å². The molecule has 2 aromatic carbocycles. The summed E-state index contributed by atoms with van der Waals surface area (Å²) in [6.45, 7) is 23.9. The zero-order valence-electron chi connectivity index (χ0n) is 27.2. The second-order valence-corrected chi connectivity index (χ2v) is 24.8. The van der Waals surface area contributed by atoms with Crippen molar-refractivity contribution in [2.45, 2.75) is 103 Å². The Morgan fingerprint density at radius 2 is 1.51 bits per heavy atom. The normalized spacial score (nSPS) is 14.0. The molecule has 0 saturated carbocycles. The number of carbonyl (C=O) groups is 2. The van der Waals surface area contributed by atoms with Crippen molar-refractivity contribution in [2.75, 3.05) is 5.32 Å². The predicted octanol–water partition coefficient (Wildman–Crippen LogP) is 7.99. The van der Waals surface area contributed by atoms with E-state index in [0.29, 0.717) is 32.0 Å². The highest BCUT2D eigenvalue weighted by Gasteiger charge is 2.41. The van der Waals surface area contributed by atoms with E-state index in [4.69, 9.17) is 20.5 Å². The maximum atomic E-state index is 13.5. The van der Waals surface area contributed by atoms with Crippen molar-refractivity contribution in [1.29, 1.82) is 5.26 Å². The molecular formula is C31H46ClIN4O4Si2. The summed E-state index contributed by atoms with van der Waals surface area (Å²) in [5.74, 6) is -0.923. The topological polar surface area (TPSA) is 112 Å². The standard InChI is InChI=1S/C31H46ClIN4O4Si2/c1-20(41-43(10,11)31(5,6)7)27(35-24-17-16-23(18-34)25(32)26(24)33)29(39)37-36-28(38)22-14-12-21(13-15-22)19-40-42(8,9)30(2,3)4/h12-17,20,27,35H,19H2,1-11H3,(H,36,38)(H,37,39)/t20-,27+/m0/s1. The highest BCUT2D eigenvalue weighted by atomic mass is 127. The molecule has 0 fully saturated rings. The third-order valence-electron chi connectivity index (χ3n) is 8.47. The molecule has 0 radical (unpaired) electrons. The van der Waals surface area contributed by atoms with Gasteiger partial charge in [0.1, 0.15) is 12.1 Å². The maximum absolute atomic E-state index is 13.5. The average Bonchev–Trinajstić information content (AvgIpc) is 2.90. The van der Waals surface area contributed by atoms with Crippen LogP contribution in [-0.4, -0.2) is 40.6 Å². The molecular weight excluding hydrogens is 711 g/mol. The lowest BCUT2D eigenvalue weighted by atomic mass is 10.1.